The Labute approximate surface area is 128 Å². The summed E-state index contributed by atoms with van der Waals surface area (Å²) >= 11 is 11.8. The molecule has 0 atom stereocenters. The van der Waals surface area contributed by atoms with Crippen molar-refractivity contribution in [3.8, 4) is 0 Å². The maximum atomic E-state index is 12.7. The van der Waals surface area contributed by atoms with Gasteiger partial charge < -0.3 is 10.8 Å². The van der Waals surface area contributed by atoms with Gasteiger partial charge in [-0.3, -0.25) is 0 Å². The Hall–Kier alpha value is -0.530. The summed E-state index contributed by atoms with van der Waals surface area (Å²) < 4.78 is 26.7. The van der Waals surface area contributed by atoms with Crippen molar-refractivity contribution in [2.24, 2.45) is 0 Å². The number of hydrogen-bond acceptors (Lipinski definition) is 4. The molecule has 0 spiro atoms. The zero-order valence-corrected chi connectivity index (χ0v) is 13.0. The van der Waals surface area contributed by atoms with Crippen molar-refractivity contribution in [2.75, 3.05) is 18.9 Å². The van der Waals surface area contributed by atoms with E-state index < -0.39 is 10.0 Å². The van der Waals surface area contributed by atoms with Crippen molar-refractivity contribution in [1.82, 2.24) is 4.31 Å². The highest BCUT2D eigenvalue weighted by atomic mass is 35.5. The Morgan fingerprint density at radius 1 is 1.35 bits per heavy atom. The monoisotopic (exact) mass is 338 g/mol. The van der Waals surface area contributed by atoms with Crippen LogP contribution in [0, 0.1) is 0 Å². The Morgan fingerprint density at radius 3 is 2.45 bits per heavy atom. The molecule has 0 amide bonds. The number of aliphatic hydroxyl groups is 1. The van der Waals surface area contributed by atoms with Gasteiger partial charge in [0, 0.05) is 17.6 Å². The molecule has 1 aromatic rings. The van der Waals surface area contributed by atoms with Crippen LogP contribution in [-0.2, 0) is 10.0 Å². The third kappa shape index (κ3) is 2.89. The molecule has 2 rings (SSSR count). The van der Waals surface area contributed by atoms with Crippen molar-refractivity contribution >= 4 is 38.9 Å². The quantitative estimate of drug-likeness (QED) is 0.805. The fraction of sp³-hybridized carbons (Fsp3) is 0.500. The van der Waals surface area contributed by atoms with Crippen molar-refractivity contribution < 1.29 is 13.5 Å². The summed E-state index contributed by atoms with van der Waals surface area (Å²) in [5, 5.41) is 9.39. The molecule has 1 saturated carbocycles. The van der Waals surface area contributed by atoms with Gasteiger partial charge in [-0.05, 0) is 25.0 Å². The molecule has 5 nitrogen and oxygen atoms in total. The SMILES string of the molecule is Nc1cc(Cl)cc(Cl)c1S(=O)(=O)N(CCO)C1CCC1. The average Bonchev–Trinajstić information content (AvgIpc) is 2.23. The summed E-state index contributed by atoms with van der Waals surface area (Å²) in [6.07, 6.45) is 2.54. The predicted octanol–water partition coefficient (Wildman–Crippen LogP) is 2.11. The molecular formula is C12H16Cl2N2O3S. The Balaban J connectivity index is 2.47. The average molecular weight is 339 g/mol. The lowest BCUT2D eigenvalue weighted by Crippen LogP contribution is -2.45. The molecule has 0 heterocycles. The number of halogens is 2. The van der Waals surface area contributed by atoms with Crippen molar-refractivity contribution in [2.45, 2.75) is 30.2 Å². The van der Waals surface area contributed by atoms with E-state index in [0.717, 1.165) is 19.3 Å². The van der Waals surface area contributed by atoms with Gasteiger partial charge in [-0.25, -0.2) is 8.42 Å². The molecule has 3 N–H and O–H groups in total. The summed E-state index contributed by atoms with van der Waals surface area (Å²) in [6, 6.07) is 2.61. The minimum atomic E-state index is -3.84. The van der Waals surface area contributed by atoms with Crippen LogP contribution in [0.3, 0.4) is 0 Å². The van der Waals surface area contributed by atoms with Crippen LogP contribution in [0.15, 0.2) is 17.0 Å². The number of anilines is 1. The zero-order valence-electron chi connectivity index (χ0n) is 10.7. The minimum Gasteiger partial charge on any atom is -0.398 e. The lowest BCUT2D eigenvalue weighted by Gasteiger charge is -2.36. The van der Waals surface area contributed by atoms with Gasteiger partial charge in [-0.1, -0.05) is 29.6 Å². The third-order valence-corrected chi connectivity index (χ3v) is 6.10. The van der Waals surface area contributed by atoms with Crippen molar-refractivity contribution in [1.29, 1.82) is 0 Å². The van der Waals surface area contributed by atoms with Gasteiger partial charge in [0.15, 0.2) is 0 Å². The number of nitrogen functional groups attached to an aromatic ring is 1. The van der Waals surface area contributed by atoms with E-state index in [1.807, 2.05) is 0 Å². The molecule has 0 aromatic heterocycles. The van der Waals surface area contributed by atoms with Crippen molar-refractivity contribution in [3.63, 3.8) is 0 Å². The minimum absolute atomic E-state index is 0.00253. The van der Waals surface area contributed by atoms with Gasteiger partial charge in [0.1, 0.15) is 4.90 Å². The lowest BCUT2D eigenvalue weighted by atomic mass is 9.93. The van der Waals surface area contributed by atoms with Gasteiger partial charge in [0.25, 0.3) is 0 Å². The highest BCUT2D eigenvalue weighted by molar-refractivity contribution is 7.89. The molecule has 8 heteroatoms. The van der Waals surface area contributed by atoms with Gasteiger partial charge in [0.2, 0.25) is 10.0 Å². The largest absolute Gasteiger partial charge is 0.398 e. The van der Waals surface area contributed by atoms with Gasteiger partial charge in [0.05, 0.1) is 17.3 Å². The molecular weight excluding hydrogens is 323 g/mol. The number of hydrogen-bond donors (Lipinski definition) is 2. The molecule has 0 unspecified atom stereocenters. The first-order chi connectivity index (χ1) is 9.37. The second kappa shape index (κ2) is 6.07. The maximum absolute atomic E-state index is 12.7. The van der Waals surface area contributed by atoms with Crippen LogP contribution in [-0.4, -0.2) is 37.0 Å². The van der Waals surface area contributed by atoms with E-state index in [9.17, 15) is 8.42 Å². The number of rotatable bonds is 5. The molecule has 20 heavy (non-hydrogen) atoms. The topological polar surface area (TPSA) is 83.6 Å². The summed E-state index contributed by atoms with van der Waals surface area (Å²) in [5.74, 6) is 0. The van der Waals surface area contributed by atoms with E-state index in [2.05, 4.69) is 0 Å². The van der Waals surface area contributed by atoms with Crippen LogP contribution in [0.2, 0.25) is 10.0 Å². The van der Waals surface area contributed by atoms with E-state index >= 15 is 0 Å². The fourth-order valence-electron chi connectivity index (χ4n) is 2.24. The molecule has 0 saturated heterocycles. The third-order valence-electron chi connectivity index (χ3n) is 3.41. The van der Waals surface area contributed by atoms with E-state index in [0.29, 0.717) is 0 Å². The first-order valence-electron chi connectivity index (χ1n) is 6.25. The first kappa shape index (κ1) is 15.9. The van der Waals surface area contributed by atoms with Crippen LogP contribution in [0.25, 0.3) is 0 Å². The summed E-state index contributed by atoms with van der Waals surface area (Å²) in [5.41, 5.74) is 5.78. The van der Waals surface area contributed by atoms with Crippen LogP contribution < -0.4 is 5.73 Å². The molecule has 1 aromatic carbocycles. The molecule has 1 aliphatic rings. The van der Waals surface area contributed by atoms with Crippen LogP contribution >= 0.6 is 23.2 Å². The Morgan fingerprint density at radius 2 is 2.00 bits per heavy atom. The highest BCUT2D eigenvalue weighted by Crippen LogP contribution is 2.36. The maximum Gasteiger partial charge on any atom is 0.246 e. The molecule has 1 fully saturated rings. The predicted molar refractivity (Wildman–Crippen MR) is 79.5 cm³/mol. The standard InChI is InChI=1S/C12H16Cl2N2O3S/c13-8-6-10(14)12(11(15)7-8)20(18,19)16(4-5-17)9-2-1-3-9/h6-7,9,17H,1-5,15H2. The van der Waals surface area contributed by atoms with Gasteiger partial charge >= 0.3 is 0 Å². The Bertz CT molecular complexity index is 580. The van der Waals surface area contributed by atoms with E-state index in [-0.39, 0.29) is 39.8 Å². The van der Waals surface area contributed by atoms with Gasteiger partial charge in [-0.15, -0.1) is 0 Å². The number of nitrogens with two attached hydrogens (primary N) is 1. The molecule has 112 valence electrons. The van der Waals surface area contributed by atoms with Crippen molar-refractivity contribution in [3.05, 3.63) is 22.2 Å². The second-order valence-electron chi connectivity index (χ2n) is 4.73. The highest BCUT2D eigenvalue weighted by Gasteiger charge is 2.36. The fourth-order valence-corrected chi connectivity index (χ4v) is 4.87. The number of sulfonamides is 1. The molecule has 0 bridgehead atoms. The number of nitrogens with zero attached hydrogens (tertiary/aromatic N) is 1. The van der Waals surface area contributed by atoms with E-state index in [4.69, 9.17) is 34.0 Å². The summed E-state index contributed by atoms with van der Waals surface area (Å²) in [6.45, 7) is -0.216. The normalized spacial score (nSPS) is 16.4. The smallest absolute Gasteiger partial charge is 0.246 e. The summed E-state index contributed by atoms with van der Waals surface area (Å²) in [4.78, 5) is -0.135. The molecule has 0 aliphatic heterocycles. The lowest BCUT2D eigenvalue weighted by molar-refractivity contribution is 0.178. The van der Waals surface area contributed by atoms with Crippen LogP contribution in [0.5, 0.6) is 0 Å². The van der Waals surface area contributed by atoms with E-state index in [1.165, 1.54) is 16.4 Å². The molecule has 1 aliphatic carbocycles. The van der Waals surface area contributed by atoms with Crippen LogP contribution in [0.4, 0.5) is 5.69 Å². The Kier molecular flexibility index (Phi) is 4.81. The number of aliphatic hydroxyl groups excluding tert-OH is 1. The van der Waals surface area contributed by atoms with Gasteiger partial charge in [-0.2, -0.15) is 4.31 Å². The van der Waals surface area contributed by atoms with Crippen LogP contribution in [0.1, 0.15) is 19.3 Å². The second-order valence-corrected chi connectivity index (χ2v) is 7.40. The molecule has 0 radical (unpaired) electrons. The van der Waals surface area contributed by atoms with E-state index in [1.54, 1.807) is 0 Å². The number of benzene rings is 1. The first-order valence-corrected chi connectivity index (χ1v) is 8.44. The zero-order chi connectivity index (χ0) is 14.9. The summed E-state index contributed by atoms with van der Waals surface area (Å²) in [7, 11) is -3.84.